The van der Waals surface area contributed by atoms with Gasteiger partial charge >= 0.3 is 0 Å². The summed E-state index contributed by atoms with van der Waals surface area (Å²) in [6, 6.07) is 11.0. The normalized spacial score (nSPS) is 10.7. The molecule has 3 aromatic rings. The van der Waals surface area contributed by atoms with Gasteiger partial charge in [0, 0.05) is 41.5 Å². The van der Waals surface area contributed by atoms with Crippen LogP contribution in [0.2, 0.25) is 0 Å². The van der Waals surface area contributed by atoms with Crippen LogP contribution in [0.25, 0.3) is 22.4 Å². The fraction of sp³-hybridized carbons (Fsp3) is 0.238. The molecule has 0 atom stereocenters. The number of anilines is 2. The largest absolute Gasteiger partial charge is 0.384 e. The van der Waals surface area contributed by atoms with Crippen molar-refractivity contribution in [3.8, 4) is 22.4 Å². The first-order valence-corrected chi connectivity index (χ1v) is 9.20. The second-order valence-corrected chi connectivity index (χ2v) is 6.42. The number of aryl methyl sites for hydroxylation is 1. The van der Waals surface area contributed by atoms with Gasteiger partial charge in [0.25, 0.3) is 5.91 Å². The number of hydrogen-bond acceptors (Lipinski definition) is 6. The van der Waals surface area contributed by atoms with Gasteiger partial charge in [-0.3, -0.25) is 4.79 Å². The Morgan fingerprint density at radius 2 is 1.79 bits per heavy atom. The summed E-state index contributed by atoms with van der Waals surface area (Å²) in [5, 5.41) is 0. The van der Waals surface area contributed by atoms with Crippen LogP contribution in [0.4, 0.5) is 11.8 Å². The van der Waals surface area contributed by atoms with Gasteiger partial charge in [-0.25, -0.2) is 15.0 Å². The number of nitrogens with two attached hydrogens (primary N) is 2. The summed E-state index contributed by atoms with van der Waals surface area (Å²) in [5.74, 6) is 0.604. The minimum atomic E-state index is -0.0127. The lowest BCUT2D eigenvalue weighted by Gasteiger charge is -2.19. The molecule has 0 saturated carbocycles. The van der Waals surface area contributed by atoms with E-state index in [2.05, 4.69) is 15.0 Å². The van der Waals surface area contributed by atoms with Gasteiger partial charge in [0.2, 0.25) is 5.95 Å². The van der Waals surface area contributed by atoms with Crippen LogP contribution in [0.1, 0.15) is 29.9 Å². The first-order valence-electron chi connectivity index (χ1n) is 9.20. The Morgan fingerprint density at radius 3 is 2.43 bits per heavy atom. The lowest BCUT2D eigenvalue weighted by atomic mass is 9.97. The Balaban J connectivity index is 2.15. The topological polar surface area (TPSA) is 111 Å². The molecule has 144 valence electrons. The van der Waals surface area contributed by atoms with E-state index in [0.29, 0.717) is 30.2 Å². The van der Waals surface area contributed by atoms with Gasteiger partial charge in [-0.1, -0.05) is 12.1 Å². The molecular formula is C21H24N6O. The number of aromatic nitrogens is 3. The predicted octanol–water partition coefficient (Wildman–Crippen LogP) is 3.16. The van der Waals surface area contributed by atoms with Gasteiger partial charge in [-0.15, -0.1) is 0 Å². The first-order chi connectivity index (χ1) is 13.4. The predicted molar refractivity (Wildman–Crippen MR) is 112 cm³/mol. The molecule has 7 nitrogen and oxygen atoms in total. The standard InChI is InChI=1S/C21H24N6O/c1-4-27(5-2)20(28)15-8-6-7-14(11-15)19-18(13(3)25-21(23)26-19)16-9-10-17(22)24-12-16/h6-12H,4-5H2,1-3H3,(H2,22,24)(H2,23,25,26). The van der Waals surface area contributed by atoms with E-state index in [1.165, 1.54) is 0 Å². The van der Waals surface area contributed by atoms with Gasteiger partial charge in [-0.05, 0) is 45.0 Å². The number of nitrogen functional groups attached to an aromatic ring is 2. The maximum atomic E-state index is 12.8. The van der Waals surface area contributed by atoms with E-state index >= 15 is 0 Å². The zero-order valence-electron chi connectivity index (χ0n) is 16.3. The summed E-state index contributed by atoms with van der Waals surface area (Å²) in [6.07, 6.45) is 1.69. The molecule has 1 amide bonds. The molecule has 0 unspecified atom stereocenters. The Hall–Kier alpha value is -3.48. The monoisotopic (exact) mass is 376 g/mol. The SMILES string of the molecule is CCN(CC)C(=O)c1cccc(-c2nc(N)nc(C)c2-c2ccc(N)nc2)c1. The van der Waals surface area contributed by atoms with E-state index in [4.69, 9.17) is 11.5 Å². The number of pyridine rings is 1. The molecule has 3 rings (SSSR count). The highest BCUT2D eigenvalue weighted by molar-refractivity contribution is 5.96. The highest BCUT2D eigenvalue weighted by Crippen LogP contribution is 2.33. The summed E-state index contributed by atoms with van der Waals surface area (Å²) in [5.41, 5.74) is 16.1. The fourth-order valence-electron chi connectivity index (χ4n) is 3.20. The molecule has 1 aromatic carbocycles. The molecule has 28 heavy (non-hydrogen) atoms. The van der Waals surface area contributed by atoms with Crippen molar-refractivity contribution in [3.05, 3.63) is 53.9 Å². The van der Waals surface area contributed by atoms with Crippen molar-refractivity contribution >= 4 is 17.7 Å². The van der Waals surface area contributed by atoms with Crippen LogP contribution >= 0.6 is 0 Å². The lowest BCUT2D eigenvalue weighted by Crippen LogP contribution is -2.30. The molecule has 0 aliphatic rings. The van der Waals surface area contributed by atoms with Crippen LogP contribution in [0.15, 0.2) is 42.6 Å². The minimum Gasteiger partial charge on any atom is -0.384 e. The van der Waals surface area contributed by atoms with Crippen molar-refractivity contribution < 1.29 is 4.79 Å². The Kier molecular flexibility index (Phi) is 5.54. The average molecular weight is 376 g/mol. The van der Waals surface area contributed by atoms with Crippen molar-refractivity contribution in [2.45, 2.75) is 20.8 Å². The highest BCUT2D eigenvalue weighted by Gasteiger charge is 2.18. The van der Waals surface area contributed by atoms with E-state index in [0.717, 1.165) is 22.4 Å². The third-order valence-electron chi connectivity index (χ3n) is 4.62. The van der Waals surface area contributed by atoms with E-state index in [9.17, 15) is 4.79 Å². The number of nitrogens with zero attached hydrogens (tertiary/aromatic N) is 4. The van der Waals surface area contributed by atoms with Crippen molar-refractivity contribution in [3.63, 3.8) is 0 Å². The number of hydrogen-bond donors (Lipinski definition) is 2. The molecule has 0 bridgehead atoms. The molecule has 0 spiro atoms. The summed E-state index contributed by atoms with van der Waals surface area (Å²) in [6.45, 7) is 7.11. The minimum absolute atomic E-state index is 0.0127. The van der Waals surface area contributed by atoms with Gasteiger partial charge in [0.15, 0.2) is 0 Å². The molecule has 0 radical (unpaired) electrons. The molecule has 0 saturated heterocycles. The van der Waals surface area contributed by atoms with Crippen LogP contribution in [-0.2, 0) is 0 Å². The Labute approximate surface area is 164 Å². The van der Waals surface area contributed by atoms with Crippen LogP contribution in [-0.4, -0.2) is 38.8 Å². The first kappa shape index (κ1) is 19.3. The molecular weight excluding hydrogens is 352 g/mol. The molecule has 7 heteroatoms. The quantitative estimate of drug-likeness (QED) is 0.707. The summed E-state index contributed by atoms with van der Waals surface area (Å²) < 4.78 is 0. The van der Waals surface area contributed by atoms with Crippen molar-refractivity contribution in [1.82, 2.24) is 19.9 Å². The smallest absolute Gasteiger partial charge is 0.253 e. The van der Waals surface area contributed by atoms with Crippen LogP contribution in [0, 0.1) is 6.92 Å². The van der Waals surface area contributed by atoms with E-state index < -0.39 is 0 Å². The van der Waals surface area contributed by atoms with Crippen molar-refractivity contribution in [2.24, 2.45) is 0 Å². The third kappa shape index (κ3) is 3.78. The second kappa shape index (κ2) is 8.04. The van der Waals surface area contributed by atoms with Crippen LogP contribution in [0.5, 0.6) is 0 Å². The third-order valence-corrected chi connectivity index (χ3v) is 4.62. The van der Waals surface area contributed by atoms with E-state index in [-0.39, 0.29) is 11.9 Å². The number of carbonyl (C=O) groups excluding carboxylic acids is 1. The maximum Gasteiger partial charge on any atom is 0.253 e. The maximum absolute atomic E-state index is 12.8. The average Bonchev–Trinajstić information content (AvgIpc) is 2.69. The number of benzene rings is 1. The van der Waals surface area contributed by atoms with Gasteiger partial charge in [0.1, 0.15) is 5.82 Å². The van der Waals surface area contributed by atoms with Crippen molar-refractivity contribution in [2.75, 3.05) is 24.6 Å². The summed E-state index contributed by atoms with van der Waals surface area (Å²) in [7, 11) is 0. The number of amides is 1. The molecule has 0 aliphatic heterocycles. The van der Waals surface area contributed by atoms with Crippen LogP contribution in [0.3, 0.4) is 0 Å². The lowest BCUT2D eigenvalue weighted by molar-refractivity contribution is 0.0773. The highest BCUT2D eigenvalue weighted by atomic mass is 16.2. The van der Waals surface area contributed by atoms with Gasteiger partial charge < -0.3 is 16.4 Å². The van der Waals surface area contributed by atoms with E-state index in [1.54, 1.807) is 17.2 Å². The molecule has 0 fully saturated rings. The van der Waals surface area contributed by atoms with Gasteiger partial charge in [0.05, 0.1) is 11.4 Å². The fourth-order valence-corrected chi connectivity index (χ4v) is 3.20. The summed E-state index contributed by atoms with van der Waals surface area (Å²) in [4.78, 5) is 27.5. The number of rotatable bonds is 5. The Bertz CT molecular complexity index is 996. The summed E-state index contributed by atoms with van der Waals surface area (Å²) >= 11 is 0. The van der Waals surface area contributed by atoms with Gasteiger partial charge in [-0.2, -0.15) is 0 Å². The Morgan fingerprint density at radius 1 is 1.04 bits per heavy atom. The van der Waals surface area contributed by atoms with Crippen molar-refractivity contribution in [1.29, 1.82) is 0 Å². The zero-order valence-corrected chi connectivity index (χ0v) is 16.3. The molecule has 4 N–H and O–H groups in total. The van der Waals surface area contributed by atoms with E-state index in [1.807, 2.05) is 51.1 Å². The zero-order chi connectivity index (χ0) is 20.3. The molecule has 2 aromatic heterocycles. The molecule has 0 aliphatic carbocycles. The molecule has 2 heterocycles. The number of carbonyl (C=O) groups is 1. The second-order valence-electron chi connectivity index (χ2n) is 6.42. The van der Waals surface area contributed by atoms with Crippen LogP contribution < -0.4 is 11.5 Å².